The highest BCUT2D eigenvalue weighted by molar-refractivity contribution is 6.30. The van der Waals surface area contributed by atoms with Crippen molar-refractivity contribution in [3.05, 3.63) is 64.9 Å². The molecule has 2 rings (SSSR count). The average Bonchev–Trinajstić information content (AvgIpc) is 2.19. The zero-order valence-electron chi connectivity index (χ0n) is 7.57. The van der Waals surface area contributed by atoms with Gasteiger partial charge in [0.25, 0.3) is 0 Å². The molecule has 1 heterocycles. The molecule has 0 aliphatic carbocycles. The van der Waals surface area contributed by atoms with Gasteiger partial charge in [0, 0.05) is 6.20 Å². The van der Waals surface area contributed by atoms with E-state index in [1.165, 1.54) is 5.56 Å². The van der Waals surface area contributed by atoms with E-state index in [1.54, 1.807) is 6.20 Å². The fourth-order valence-electron chi connectivity index (χ4n) is 1.32. The highest BCUT2D eigenvalue weighted by atomic mass is 35.5. The summed E-state index contributed by atoms with van der Waals surface area (Å²) in [7, 11) is 0. The first-order valence-electron chi connectivity index (χ1n) is 4.40. The van der Waals surface area contributed by atoms with Crippen LogP contribution in [0.25, 0.3) is 0 Å². The average molecular weight is 203 g/mol. The van der Waals surface area contributed by atoms with Gasteiger partial charge < -0.3 is 0 Å². The molecule has 1 radical (unpaired) electrons. The summed E-state index contributed by atoms with van der Waals surface area (Å²) in [5.41, 5.74) is 2.26. The molecule has 0 amide bonds. The second kappa shape index (κ2) is 4.25. The minimum Gasteiger partial charge on any atom is -0.253 e. The van der Waals surface area contributed by atoms with Crippen LogP contribution in [-0.4, -0.2) is 4.98 Å². The molecule has 0 saturated heterocycles. The smallest absolute Gasteiger partial charge is 0.0925 e. The van der Waals surface area contributed by atoms with Crippen LogP contribution in [0.15, 0.2) is 42.6 Å². The Labute approximate surface area is 88.4 Å². The van der Waals surface area contributed by atoms with Crippen LogP contribution >= 0.6 is 11.6 Å². The summed E-state index contributed by atoms with van der Waals surface area (Å²) in [5, 5.41) is 0.662. The Kier molecular flexibility index (Phi) is 2.80. The molecule has 0 atom stereocenters. The van der Waals surface area contributed by atoms with Gasteiger partial charge in [-0.05, 0) is 23.6 Å². The zero-order chi connectivity index (χ0) is 9.80. The lowest BCUT2D eigenvalue weighted by Gasteiger charge is -2.00. The molecule has 0 aliphatic rings. The Morgan fingerprint density at radius 3 is 2.71 bits per heavy atom. The third-order valence-corrected chi connectivity index (χ3v) is 2.15. The quantitative estimate of drug-likeness (QED) is 0.729. The topological polar surface area (TPSA) is 12.9 Å². The van der Waals surface area contributed by atoms with Crippen LogP contribution in [0.3, 0.4) is 0 Å². The fourth-order valence-corrected chi connectivity index (χ4v) is 1.50. The molecule has 0 N–H and O–H groups in total. The Bertz CT molecular complexity index is 412. The monoisotopic (exact) mass is 202 g/mol. The normalized spacial score (nSPS) is 10.1. The maximum Gasteiger partial charge on any atom is 0.0925 e. The SMILES string of the molecule is Clc1cn[c]c(Cc2ccccc2)c1. The van der Waals surface area contributed by atoms with Crippen molar-refractivity contribution in [3.8, 4) is 0 Å². The van der Waals surface area contributed by atoms with Crippen molar-refractivity contribution < 1.29 is 0 Å². The molecule has 0 saturated carbocycles. The van der Waals surface area contributed by atoms with Crippen molar-refractivity contribution in [2.24, 2.45) is 0 Å². The molecule has 0 unspecified atom stereocenters. The van der Waals surface area contributed by atoms with Crippen LogP contribution in [0, 0.1) is 6.20 Å². The molecule has 69 valence electrons. The van der Waals surface area contributed by atoms with Gasteiger partial charge in [0.05, 0.1) is 11.2 Å². The molecule has 0 aliphatic heterocycles. The molecule has 2 aromatic rings. The van der Waals surface area contributed by atoms with Gasteiger partial charge in [0.1, 0.15) is 0 Å². The summed E-state index contributed by atoms with van der Waals surface area (Å²) in [6, 6.07) is 12.1. The molecule has 0 fully saturated rings. The predicted molar refractivity (Wildman–Crippen MR) is 57.3 cm³/mol. The van der Waals surface area contributed by atoms with Gasteiger partial charge in [-0.15, -0.1) is 0 Å². The molecular formula is C12H9ClN. The Balaban J connectivity index is 2.19. The van der Waals surface area contributed by atoms with Crippen molar-refractivity contribution in [2.45, 2.75) is 6.42 Å². The largest absolute Gasteiger partial charge is 0.253 e. The van der Waals surface area contributed by atoms with E-state index in [-0.39, 0.29) is 0 Å². The number of hydrogen-bond donors (Lipinski definition) is 0. The molecule has 1 nitrogen and oxygen atoms in total. The van der Waals surface area contributed by atoms with E-state index in [9.17, 15) is 0 Å². The summed E-state index contributed by atoms with van der Waals surface area (Å²) < 4.78 is 0. The Hall–Kier alpha value is -1.34. The second-order valence-electron chi connectivity index (χ2n) is 3.09. The van der Waals surface area contributed by atoms with Crippen molar-refractivity contribution in [2.75, 3.05) is 0 Å². The Morgan fingerprint density at radius 2 is 2.00 bits per heavy atom. The minimum absolute atomic E-state index is 0.662. The van der Waals surface area contributed by atoms with Crippen molar-refractivity contribution in [1.82, 2.24) is 4.98 Å². The fraction of sp³-hybridized carbons (Fsp3) is 0.0833. The van der Waals surface area contributed by atoms with E-state index in [1.807, 2.05) is 24.3 Å². The maximum absolute atomic E-state index is 5.83. The molecule has 0 bridgehead atoms. The van der Waals surface area contributed by atoms with Crippen LogP contribution in [0.4, 0.5) is 0 Å². The third-order valence-electron chi connectivity index (χ3n) is 1.95. The van der Waals surface area contributed by atoms with Crippen LogP contribution < -0.4 is 0 Å². The van der Waals surface area contributed by atoms with Gasteiger partial charge in [-0.2, -0.15) is 0 Å². The van der Waals surface area contributed by atoms with Gasteiger partial charge in [0.2, 0.25) is 0 Å². The van der Waals surface area contributed by atoms with Crippen molar-refractivity contribution in [3.63, 3.8) is 0 Å². The van der Waals surface area contributed by atoms with Gasteiger partial charge in [0.15, 0.2) is 0 Å². The van der Waals surface area contributed by atoms with Gasteiger partial charge in [-0.25, -0.2) is 0 Å². The first-order chi connectivity index (χ1) is 6.84. The number of hydrogen-bond acceptors (Lipinski definition) is 1. The van der Waals surface area contributed by atoms with E-state index < -0.39 is 0 Å². The highest BCUT2D eigenvalue weighted by Gasteiger charge is 1.97. The minimum atomic E-state index is 0.662. The summed E-state index contributed by atoms with van der Waals surface area (Å²) in [5.74, 6) is 0. The van der Waals surface area contributed by atoms with E-state index in [2.05, 4.69) is 23.3 Å². The molecule has 0 spiro atoms. The van der Waals surface area contributed by atoms with Gasteiger partial charge in [-0.3, -0.25) is 4.98 Å². The molecule has 2 heteroatoms. The van der Waals surface area contributed by atoms with E-state index >= 15 is 0 Å². The van der Waals surface area contributed by atoms with Crippen LogP contribution in [-0.2, 0) is 6.42 Å². The number of halogens is 1. The molecule has 1 aromatic heterocycles. The molecule has 14 heavy (non-hydrogen) atoms. The van der Waals surface area contributed by atoms with Gasteiger partial charge >= 0.3 is 0 Å². The van der Waals surface area contributed by atoms with Crippen LogP contribution in [0.5, 0.6) is 0 Å². The lowest BCUT2D eigenvalue weighted by Crippen LogP contribution is -1.88. The lowest BCUT2D eigenvalue weighted by atomic mass is 10.1. The number of aromatic nitrogens is 1. The third kappa shape index (κ3) is 2.33. The number of benzene rings is 1. The number of nitrogens with zero attached hydrogens (tertiary/aromatic N) is 1. The van der Waals surface area contributed by atoms with Gasteiger partial charge in [-0.1, -0.05) is 41.9 Å². The number of pyridine rings is 1. The predicted octanol–water partition coefficient (Wildman–Crippen LogP) is 3.13. The van der Waals surface area contributed by atoms with E-state index in [4.69, 9.17) is 11.6 Å². The first kappa shape index (κ1) is 9.22. The highest BCUT2D eigenvalue weighted by Crippen LogP contribution is 2.12. The summed E-state index contributed by atoms with van der Waals surface area (Å²) >= 11 is 5.83. The maximum atomic E-state index is 5.83. The van der Waals surface area contributed by atoms with E-state index in [0.29, 0.717) is 5.02 Å². The molecule has 1 aromatic carbocycles. The van der Waals surface area contributed by atoms with Crippen molar-refractivity contribution in [1.29, 1.82) is 0 Å². The van der Waals surface area contributed by atoms with E-state index in [0.717, 1.165) is 12.0 Å². The van der Waals surface area contributed by atoms with Crippen molar-refractivity contribution >= 4 is 11.6 Å². The van der Waals surface area contributed by atoms with Crippen LogP contribution in [0.2, 0.25) is 5.02 Å². The first-order valence-corrected chi connectivity index (χ1v) is 4.78. The standard InChI is InChI=1S/C12H9ClN/c13-12-7-11(8-14-9-12)6-10-4-2-1-3-5-10/h1-5,7,9H,6H2. The second-order valence-corrected chi connectivity index (χ2v) is 3.52. The number of rotatable bonds is 2. The summed E-state index contributed by atoms with van der Waals surface area (Å²) in [6.45, 7) is 0. The zero-order valence-corrected chi connectivity index (χ0v) is 8.33. The molecular weight excluding hydrogens is 194 g/mol. The lowest BCUT2D eigenvalue weighted by molar-refractivity contribution is 1.14. The summed E-state index contributed by atoms with van der Waals surface area (Å²) in [4.78, 5) is 3.92. The summed E-state index contributed by atoms with van der Waals surface area (Å²) in [6.07, 6.45) is 5.34. The Morgan fingerprint density at radius 1 is 1.21 bits per heavy atom. The van der Waals surface area contributed by atoms with Crippen LogP contribution in [0.1, 0.15) is 11.1 Å².